The highest BCUT2D eigenvalue weighted by Gasteiger charge is 2.26. The minimum Gasteiger partial charge on any atom is -0.491 e. The highest BCUT2D eigenvalue weighted by molar-refractivity contribution is 5.29. The molecular weight excluding hydrogens is 248 g/mol. The van der Waals surface area contributed by atoms with Crippen molar-refractivity contribution in [1.29, 1.82) is 0 Å². The van der Waals surface area contributed by atoms with Crippen LogP contribution in [0.4, 0.5) is 0 Å². The monoisotopic (exact) mass is 276 g/mol. The van der Waals surface area contributed by atoms with Gasteiger partial charge in [0.2, 0.25) is 0 Å². The number of hydrogen-bond donors (Lipinski definition) is 1. The number of piperidine rings is 1. The van der Waals surface area contributed by atoms with Gasteiger partial charge in [-0.2, -0.15) is 0 Å². The molecule has 1 aliphatic heterocycles. The topological polar surface area (TPSA) is 38.5 Å². The summed E-state index contributed by atoms with van der Waals surface area (Å²) < 4.78 is 5.69. The van der Waals surface area contributed by atoms with Crippen LogP contribution in [0.1, 0.15) is 45.7 Å². The van der Waals surface area contributed by atoms with Crippen LogP contribution in [0.15, 0.2) is 24.3 Å². The fourth-order valence-corrected chi connectivity index (χ4v) is 3.07. The fourth-order valence-electron chi connectivity index (χ4n) is 3.07. The molecule has 0 radical (unpaired) electrons. The summed E-state index contributed by atoms with van der Waals surface area (Å²) in [5, 5.41) is 0. The zero-order chi connectivity index (χ0) is 14.7. The molecule has 1 aliphatic rings. The van der Waals surface area contributed by atoms with E-state index < -0.39 is 0 Å². The van der Waals surface area contributed by atoms with E-state index in [1.54, 1.807) is 0 Å². The normalized spacial score (nSPS) is 25.7. The first-order valence-corrected chi connectivity index (χ1v) is 7.72. The molecule has 1 aromatic rings. The van der Waals surface area contributed by atoms with Crippen molar-refractivity contribution in [2.45, 2.75) is 52.3 Å². The molecule has 0 spiro atoms. The van der Waals surface area contributed by atoms with Gasteiger partial charge >= 0.3 is 0 Å². The first kappa shape index (κ1) is 15.3. The van der Waals surface area contributed by atoms with Crippen LogP contribution in [0, 0.1) is 5.92 Å². The molecule has 0 aliphatic carbocycles. The summed E-state index contributed by atoms with van der Waals surface area (Å²) >= 11 is 0. The Hall–Kier alpha value is -1.06. The molecule has 1 fully saturated rings. The molecule has 3 nitrogen and oxygen atoms in total. The maximum absolute atomic E-state index is 6.15. The lowest BCUT2D eigenvalue weighted by Gasteiger charge is -2.38. The third kappa shape index (κ3) is 3.97. The van der Waals surface area contributed by atoms with Crippen molar-refractivity contribution in [2.24, 2.45) is 11.7 Å². The number of benzene rings is 1. The lowest BCUT2D eigenvalue weighted by Crippen LogP contribution is -2.47. The number of ether oxygens (including phenoxy) is 1. The average Bonchev–Trinajstić information content (AvgIpc) is 2.37. The van der Waals surface area contributed by atoms with Gasteiger partial charge in [0.1, 0.15) is 5.75 Å². The van der Waals surface area contributed by atoms with E-state index >= 15 is 0 Å². The van der Waals surface area contributed by atoms with Gasteiger partial charge in [-0.3, -0.25) is 4.90 Å². The van der Waals surface area contributed by atoms with Crippen molar-refractivity contribution in [3.63, 3.8) is 0 Å². The van der Waals surface area contributed by atoms with Crippen LogP contribution in [0.5, 0.6) is 5.75 Å². The molecular formula is C17H28N2O. The van der Waals surface area contributed by atoms with Crippen LogP contribution >= 0.6 is 0 Å². The van der Waals surface area contributed by atoms with E-state index in [2.05, 4.69) is 43.0 Å². The molecule has 1 aromatic carbocycles. The van der Waals surface area contributed by atoms with Crippen molar-refractivity contribution in [1.82, 2.24) is 4.90 Å². The number of nitrogens with zero attached hydrogens (tertiary/aromatic N) is 1. The van der Waals surface area contributed by atoms with Gasteiger partial charge in [-0.1, -0.05) is 19.1 Å². The Morgan fingerprint density at radius 3 is 2.35 bits per heavy atom. The Kier molecular flexibility index (Phi) is 5.06. The molecule has 0 amide bonds. The predicted octanol–water partition coefficient (Wildman–Crippen LogP) is 3.20. The lowest BCUT2D eigenvalue weighted by molar-refractivity contribution is 0.124. The van der Waals surface area contributed by atoms with Crippen LogP contribution < -0.4 is 10.5 Å². The van der Waals surface area contributed by atoms with Crippen LogP contribution in [-0.2, 0) is 0 Å². The highest BCUT2D eigenvalue weighted by Crippen LogP contribution is 2.27. The maximum atomic E-state index is 6.15. The largest absolute Gasteiger partial charge is 0.491 e. The van der Waals surface area contributed by atoms with Gasteiger partial charge in [0.15, 0.2) is 0 Å². The Labute approximate surface area is 123 Å². The Balaban J connectivity index is 2.03. The van der Waals surface area contributed by atoms with Gasteiger partial charge < -0.3 is 10.5 Å². The van der Waals surface area contributed by atoms with E-state index in [1.165, 1.54) is 5.56 Å². The standard InChI is InChI=1S/C17H28N2O/c1-12(2)20-17-7-5-15(6-8-17)14(4)19-10-13(3)9-16(18)11-19/h5-8,12-14,16H,9-11,18H2,1-4H3. The van der Waals surface area contributed by atoms with Crippen LogP contribution in [0.2, 0.25) is 0 Å². The van der Waals surface area contributed by atoms with E-state index in [9.17, 15) is 0 Å². The Morgan fingerprint density at radius 2 is 1.80 bits per heavy atom. The molecule has 2 N–H and O–H groups in total. The molecule has 20 heavy (non-hydrogen) atoms. The molecule has 3 heteroatoms. The van der Waals surface area contributed by atoms with Crippen molar-refractivity contribution >= 4 is 0 Å². The van der Waals surface area contributed by atoms with Gasteiger partial charge in [0, 0.05) is 25.2 Å². The van der Waals surface area contributed by atoms with Crippen molar-refractivity contribution in [3.05, 3.63) is 29.8 Å². The maximum Gasteiger partial charge on any atom is 0.119 e. The second-order valence-electron chi connectivity index (χ2n) is 6.47. The molecule has 0 aromatic heterocycles. The smallest absolute Gasteiger partial charge is 0.119 e. The summed E-state index contributed by atoms with van der Waals surface area (Å²) in [5.74, 6) is 1.63. The first-order valence-electron chi connectivity index (χ1n) is 7.72. The van der Waals surface area contributed by atoms with Gasteiger partial charge in [-0.15, -0.1) is 0 Å². The molecule has 1 saturated heterocycles. The summed E-state index contributed by atoms with van der Waals surface area (Å²) in [7, 11) is 0. The van der Waals surface area contributed by atoms with E-state index in [4.69, 9.17) is 10.5 Å². The minimum absolute atomic E-state index is 0.221. The molecule has 3 atom stereocenters. The number of rotatable bonds is 4. The third-order valence-electron chi connectivity index (χ3n) is 4.00. The molecule has 1 heterocycles. The van der Waals surface area contributed by atoms with Crippen LogP contribution in [-0.4, -0.2) is 30.1 Å². The molecule has 0 saturated carbocycles. The van der Waals surface area contributed by atoms with Gasteiger partial charge in [-0.05, 0) is 50.8 Å². The highest BCUT2D eigenvalue weighted by atomic mass is 16.5. The lowest BCUT2D eigenvalue weighted by atomic mass is 9.94. The molecule has 3 unspecified atom stereocenters. The minimum atomic E-state index is 0.221. The molecule has 2 rings (SSSR count). The second kappa shape index (κ2) is 6.59. The Bertz CT molecular complexity index is 406. The van der Waals surface area contributed by atoms with Crippen molar-refractivity contribution in [3.8, 4) is 5.75 Å². The average molecular weight is 276 g/mol. The molecule has 112 valence electrons. The third-order valence-corrected chi connectivity index (χ3v) is 4.00. The SMILES string of the molecule is CC1CC(N)CN(C(C)c2ccc(OC(C)C)cc2)C1. The second-order valence-corrected chi connectivity index (χ2v) is 6.47. The first-order chi connectivity index (χ1) is 9.45. The number of likely N-dealkylation sites (tertiary alicyclic amines) is 1. The molecule has 0 bridgehead atoms. The quantitative estimate of drug-likeness (QED) is 0.917. The zero-order valence-electron chi connectivity index (χ0n) is 13.2. The van der Waals surface area contributed by atoms with E-state index in [0.717, 1.165) is 25.3 Å². The summed E-state index contributed by atoms with van der Waals surface area (Å²) in [6.45, 7) is 10.8. The van der Waals surface area contributed by atoms with Crippen LogP contribution in [0.25, 0.3) is 0 Å². The van der Waals surface area contributed by atoms with E-state index in [-0.39, 0.29) is 6.10 Å². The number of hydrogen-bond acceptors (Lipinski definition) is 3. The van der Waals surface area contributed by atoms with E-state index in [0.29, 0.717) is 18.0 Å². The zero-order valence-corrected chi connectivity index (χ0v) is 13.2. The summed E-state index contributed by atoms with van der Waals surface area (Å²) in [5.41, 5.74) is 7.48. The van der Waals surface area contributed by atoms with Crippen molar-refractivity contribution in [2.75, 3.05) is 13.1 Å². The summed E-state index contributed by atoms with van der Waals surface area (Å²) in [6.07, 6.45) is 1.36. The summed E-state index contributed by atoms with van der Waals surface area (Å²) in [6, 6.07) is 9.21. The fraction of sp³-hybridized carbons (Fsp3) is 0.647. The van der Waals surface area contributed by atoms with E-state index in [1.807, 2.05) is 13.8 Å². The van der Waals surface area contributed by atoms with Gasteiger partial charge in [0.05, 0.1) is 6.10 Å². The summed E-state index contributed by atoms with van der Waals surface area (Å²) in [4.78, 5) is 2.50. The van der Waals surface area contributed by atoms with Crippen molar-refractivity contribution < 1.29 is 4.74 Å². The number of nitrogens with two attached hydrogens (primary N) is 1. The van der Waals surface area contributed by atoms with Gasteiger partial charge in [-0.25, -0.2) is 0 Å². The van der Waals surface area contributed by atoms with Gasteiger partial charge in [0.25, 0.3) is 0 Å². The van der Waals surface area contributed by atoms with Crippen LogP contribution in [0.3, 0.4) is 0 Å². The predicted molar refractivity (Wildman–Crippen MR) is 84.0 cm³/mol. The Morgan fingerprint density at radius 1 is 1.15 bits per heavy atom.